The van der Waals surface area contributed by atoms with Gasteiger partial charge in [-0.15, -0.1) is 4.31 Å². The van der Waals surface area contributed by atoms with Crippen LogP contribution < -0.4 is 4.90 Å². The molecule has 9 heteroatoms. The quantitative estimate of drug-likeness (QED) is 0.638. The normalized spacial score (nSPS) is 21.6. The third kappa shape index (κ3) is 4.52. The molecule has 0 radical (unpaired) electrons. The highest BCUT2D eigenvalue weighted by Crippen LogP contribution is 2.38. The number of nitrogens with zero attached hydrogens (tertiary/aromatic N) is 5. The highest BCUT2D eigenvalue weighted by atomic mass is 32.2. The lowest BCUT2D eigenvalue weighted by atomic mass is 9.81. The fraction of sp³-hybridized carbons (Fsp3) is 0.542. The van der Waals surface area contributed by atoms with Crippen LogP contribution in [-0.2, 0) is 11.4 Å². The number of hydrogen-bond donors (Lipinski definition) is 0. The minimum absolute atomic E-state index is 0.160. The Hall–Kier alpha value is -2.41. The second-order valence-electron chi connectivity index (χ2n) is 9.91. The van der Waals surface area contributed by atoms with E-state index in [1.54, 1.807) is 23.4 Å². The van der Waals surface area contributed by atoms with Crippen molar-refractivity contribution in [2.75, 3.05) is 43.9 Å². The topological polar surface area (TPSA) is 86.5 Å². The summed E-state index contributed by atoms with van der Waals surface area (Å²) in [6.45, 7) is 8.53. The first-order valence-electron chi connectivity index (χ1n) is 11.2. The van der Waals surface area contributed by atoms with Crippen LogP contribution in [0.25, 0.3) is 10.9 Å². The van der Waals surface area contributed by atoms with Crippen molar-refractivity contribution in [2.24, 2.45) is 5.41 Å². The van der Waals surface area contributed by atoms with E-state index in [9.17, 15) is 19.0 Å². The molecule has 1 aromatic carbocycles. The molecular weight excluding hydrogens is 441 g/mol. The Morgan fingerprint density at radius 1 is 1.21 bits per heavy atom. The smallest absolute Gasteiger partial charge is 0.257 e. The van der Waals surface area contributed by atoms with E-state index in [1.165, 1.54) is 12.1 Å². The van der Waals surface area contributed by atoms with E-state index in [2.05, 4.69) is 16.0 Å². The molecule has 7 nitrogen and oxygen atoms in total. The fourth-order valence-corrected chi connectivity index (χ4v) is 6.04. The molecule has 2 saturated heterocycles. The third-order valence-corrected chi connectivity index (χ3v) is 8.21. The number of fused-ring (bicyclic) bond motifs is 1. The molecule has 2 fully saturated rings. The average molecular weight is 472 g/mol. The van der Waals surface area contributed by atoms with Crippen molar-refractivity contribution >= 4 is 33.9 Å². The van der Waals surface area contributed by atoms with Crippen molar-refractivity contribution in [1.29, 1.82) is 5.26 Å². The van der Waals surface area contributed by atoms with Crippen molar-refractivity contribution in [3.63, 3.8) is 0 Å². The Labute approximate surface area is 197 Å². The first-order valence-corrected chi connectivity index (χ1v) is 12.7. The van der Waals surface area contributed by atoms with E-state index in [-0.39, 0.29) is 11.7 Å². The monoisotopic (exact) mass is 471 g/mol. The molecule has 2 aromatic rings. The number of pyridine rings is 1. The number of benzene rings is 1. The van der Waals surface area contributed by atoms with Crippen LogP contribution in [0.2, 0.25) is 0 Å². The van der Waals surface area contributed by atoms with E-state index < -0.39 is 22.3 Å². The van der Waals surface area contributed by atoms with Gasteiger partial charge in [-0.3, -0.25) is 9.78 Å². The van der Waals surface area contributed by atoms with Crippen molar-refractivity contribution < 1.29 is 13.7 Å². The van der Waals surface area contributed by atoms with E-state index >= 15 is 0 Å². The first-order chi connectivity index (χ1) is 15.5. The molecule has 4 rings (SSSR count). The molecule has 2 aliphatic heterocycles. The number of piperidine rings is 1. The zero-order valence-electron chi connectivity index (χ0n) is 19.6. The minimum Gasteiger partial charge on any atom is -0.598 e. The second-order valence-corrected chi connectivity index (χ2v) is 11.2. The van der Waals surface area contributed by atoms with Gasteiger partial charge in [-0.05, 0) is 51.8 Å². The van der Waals surface area contributed by atoms with Gasteiger partial charge in [0, 0.05) is 49.1 Å². The molecule has 1 amide bonds. The average Bonchev–Trinajstić information content (AvgIpc) is 2.77. The Kier molecular flexibility index (Phi) is 6.29. The summed E-state index contributed by atoms with van der Waals surface area (Å²) in [5.41, 5.74) is 0.914. The first kappa shape index (κ1) is 23.7. The lowest BCUT2D eigenvalue weighted by Gasteiger charge is -2.45. The van der Waals surface area contributed by atoms with E-state index in [0.717, 1.165) is 0 Å². The van der Waals surface area contributed by atoms with E-state index in [0.29, 0.717) is 67.7 Å². The number of carbonyl (C=O) groups is 1. The van der Waals surface area contributed by atoms with Gasteiger partial charge in [0.2, 0.25) is 0 Å². The van der Waals surface area contributed by atoms with Gasteiger partial charge in [0.25, 0.3) is 5.91 Å². The van der Waals surface area contributed by atoms with Gasteiger partial charge in [-0.25, -0.2) is 4.39 Å². The molecule has 0 N–H and O–H groups in total. The highest BCUT2D eigenvalue weighted by Gasteiger charge is 2.42. The van der Waals surface area contributed by atoms with Crippen LogP contribution in [0.5, 0.6) is 0 Å². The van der Waals surface area contributed by atoms with Gasteiger partial charge in [-0.1, -0.05) is 0 Å². The van der Waals surface area contributed by atoms with Crippen molar-refractivity contribution in [1.82, 2.24) is 14.2 Å². The maximum Gasteiger partial charge on any atom is 0.257 e. The number of piperazine rings is 1. The van der Waals surface area contributed by atoms with Crippen molar-refractivity contribution in [2.45, 2.75) is 39.2 Å². The van der Waals surface area contributed by atoms with E-state index in [4.69, 9.17) is 0 Å². The number of carbonyl (C=O) groups excluding carboxylic acids is 1. The molecule has 2 aliphatic rings. The molecule has 3 heterocycles. The number of amides is 1. The summed E-state index contributed by atoms with van der Waals surface area (Å²) in [4.78, 5) is 22.1. The Bertz CT molecular complexity index is 1110. The molecule has 0 bridgehead atoms. The minimum atomic E-state index is -1.13. The molecule has 0 spiro atoms. The summed E-state index contributed by atoms with van der Waals surface area (Å²) in [5.74, 6) is -0.541. The van der Waals surface area contributed by atoms with Crippen molar-refractivity contribution in [3.8, 4) is 6.07 Å². The Balaban J connectivity index is 1.73. The highest BCUT2D eigenvalue weighted by molar-refractivity contribution is 7.88. The molecule has 1 atom stereocenters. The number of rotatable bonds is 3. The van der Waals surface area contributed by atoms with Crippen LogP contribution in [-0.4, -0.2) is 69.2 Å². The number of nitriles is 1. The molecule has 1 aromatic heterocycles. The lowest BCUT2D eigenvalue weighted by Crippen LogP contribution is -2.61. The van der Waals surface area contributed by atoms with Crippen LogP contribution in [0, 0.1) is 22.6 Å². The summed E-state index contributed by atoms with van der Waals surface area (Å²) < 4.78 is 28.3. The maximum atomic E-state index is 14.3. The summed E-state index contributed by atoms with van der Waals surface area (Å²) >= 11 is -1.13. The Morgan fingerprint density at radius 3 is 2.52 bits per heavy atom. The van der Waals surface area contributed by atoms with Gasteiger partial charge in [0.15, 0.2) is 0 Å². The third-order valence-electron chi connectivity index (χ3n) is 6.91. The summed E-state index contributed by atoms with van der Waals surface area (Å²) in [6.07, 6.45) is 4.59. The largest absolute Gasteiger partial charge is 0.598 e. The van der Waals surface area contributed by atoms with Crippen molar-refractivity contribution in [3.05, 3.63) is 35.8 Å². The standard InChI is InChI=1S/C24H30FN5O2S/c1-23(2)16-29(11-12-30(23)33(4)32)22(31)19-14-27-20-6-5-17(25)13-18(20)21(19)28-9-7-24(3,15-26)8-10-28/h5-6,13-14H,7-12,16H2,1-4H3. The van der Waals surface area contributed by atoms with Crippen LogP contribution in [0.15, 0.2) is 24.4 Å². The molecular formula is C24H30FN5O2S. The van der Waals surface area contributed by atoms with Gasteiger partial charge in [0.1, 0.15) is 12.1 Å². The molecule has 33 heavy (non-hydrogen) atoms. The maximum absolute atomic E-state index is 14.3. The van der Waals surface area contributed by atoms with Crippen LogP contribution in [0.4, 0.5) is 10.1 Å². The predicted molar refractivity (Wildman–Crippen MR) is 128 cm³/mol. The predicted octanol–water partition coefficient (Wildman–Crippen LogP) is 3.33. The zero-order valence-corrected chi connectivity index (χ0v) is 20.4. The SMILES string of the molecule is C[S+]([O-])N1CCN(C(=O)c2cnc3ccc(F)cc3c2N2CCC(C)(C#N)CC2)CC1(C)C. The van der Waals surface area contributed by atoms with Gasteiger partial charge >= 0.3 is 0 Å². The zero-order chi connectivity index (χ0) is 24.0. The fourth-order valence-electron chi connectivity index (χ4n) is 4.94. The van der Waals surface area contributed by atoms with Gasteiger partial charge < -0.3 is 14.4 Å². The van der Waals surface area contributed by atoms with Crippen LogP contribution in [0.3, 0.4) is 0 Å². The second kappa shape index (κ2) is 8.75. The van der Waals surface area contributed by atoms with Gasteiger partial charge in [-0.2, -0.15) is 5.26 Å². The number of anilines is 1. The number of halogens is 1. The molecule has 1 unspecified atom stereocenters. The molecule has 0 aliphatic carbocycles. The van der Waals surface area contributed by atoms with Crippen LogP contribution in [0.1, 0.15) is 44.0 Å². The Morgan fingerprint density at radius 2 is 1.91 bits per heavy atom. The van der Waals surface area contributed by atoms with Gasteiger partial charge in [0.05, 0.1) is 40.3 Å². The summed E-state index contributed by atoms with van der Waals surface area (Å²) in [5, 5.41) is 10.1. The molecule has 176 valence electrons. The lowest BCUT2D eigenvalue weighted by molar-refractivity contribution is 0.0497. The van der Waals surface area contributed by atoms with Crippen LogP contribution >= 0.6 is 0 Å². The number of aromatic nitrogens is 1. The summed E-state index contributed by atoms with van der Waals surface area (Å²) in [6, 6.07) is 6.85. The number of hydrogen-bond acceptors (Lipinski definition) is 6. The summed E-state index contributed by atoms with van der Waals surface area (Å²) in [7, 11) is 0. The molecule has 0 saturated carbocycles. The van der Waals surface area contributed by atoms with E-state index in [1.807, 2.05) is 25.1 Å².